The summed E-state index contributed by atoms with van der Waals surface area (Å²) in [5, 5.41) is 10.5. The van der Waals surface area contributed by atoms with Gasteiger partial charge in [-0.05, 0) is 42.5 Å². The highest BCUT2D eigenvalue weighted by molar-refractivity contribution is 7.71. The summed E-state index contributed by atoms with van der Waals surface area (Å²) in [6.45, 7) is 0. The van der Waals surface area contributed by atoms with E-state index in [2.05, 4.69) is 9.97 Å². The molecule has 0 fully saturated rings. The fraction of sp³-hybridized carbons (Fsp3) is 0.0556. The Labute approximate surface area is 173 Å². The third kappa shape index (κ3) is 2.99. The second-order valence-electron chi connectivity index (χ2n) is 5.90. The number of halogens is 2. The number of hydrogen-bond acceptors (Lipinski definition) is 6. The van der Waals surface area contributed by atoms with Gasteiger partial charge in [0.25, 0.3) is 5.56 Å². The molecule has 0 spiro atoms. The molecule has 0 radical (unpaired) electrons. The first-order valence-corrected chi connectivity index (χ1v) is 9.04. The molecular formula is C18H10Cl2N4O3S. The van der Waals surface area contributed by atoms with Crippen LogP contribution >= 0.6 is 35.4 Å². The minimum Gasteiger partial charge on any atom is -0.460 e. The average molecular weight is 433 g/mol. The number of allylic oxidation sites excluding steroid dienone is 1. The van der Waals surface area contributed by atoms with Crippen LogP contribution in [0.3, 0.4) is 0 Å². The van der Waals surface area contributed by atoms with E-state index in [-0.39, 0.29) is 27.7 Å². The van der Waals surface area contributed by atoms with E-state index in [0.717, 1.165) is 0 Å². The highest BCUT2D eigenvalue weighted by Crippen LogP contribution is 2.41. The zero-order valence-electron chi connectivity index (χ0n) is 13.9. The second-order valence-corrected chi connectivity index (χ2v) is 7.15. The van der Waals surface area contributed by atoms with Crippen molar-refractivity contribution in [1.82, 2.24) is 9.97 Å². The predicted octanol–water partition coefficient (Wildman–Crippen LogP) is 4.22. The number of benzene rings is 1. The summed E-state index contributed by atoms with van der Waals surface area (Å²) >= 11 is 17.3. The number of nitriles is 1. The Kier molecular flexibility index (Phi) is 4.51. The number of aromatic amines is 2. The minimum atomic E-state index is -0.879. The van der Waals surface area contributed by atoms with Crippen LogP contribution in [0.25, 0.3) is 11.3 Å². The first-order chi connectivity index (χ1) is 13.4. The molecule has 1 unspecified atom stereocenters. The van der Waals surface area contributed by atoms with Crippen LogP contribution < -0.4 is 16.0 Å². The van der Waals surface area contributed by atoms with Gasteiger partial charge in [0.05, 0.1) is 16.5 Å². The van der Waals surface area contributed by atoms with Crippen molar-refractivity contribution in [3.63, 3.8) is 0 Å². The average Bonchev–Trinajstić information content (AvgIpc) is 3.11. The lowest BCUT2D eigenvalue weighted by molar-refractivity contribution is 0.366. The SMILES string of the molecule is N#CC1=C(N)Oc2[nH]c(=S)[nH]c(=O)c2C1c1ccc(-c2cc(Cl)ccc2Cl)o1. The van der Waals surface area contributed by atoms with Gasteiger partial charge in [0.1, 0.15) is 23.2 Å². The van der Waals surface area contributed by atoms with Crippen LogP contribution in [0.15, 0.2) is 51.0 Å². The Morgan fingerprint density at radius 3 is 2.75 bits per heavy atom. The molecule has 4 rings (SSSR count). The van der Waals surface area contributed by atoms with Crippen molar-refractivity contribution < 1.29 is 9.15 Å². The van der Waals surface area contributed by atoms with Gasteiger partial charge in [-0.1, -0.05) is 23.2 Å². The highest BCUT2D eigenvalue weighted by Gasteiger charge is 2.36. The number of hydrogen-bond donors (Lipinski definition) is 3. The molecule has 0 saturated heterocycles. The molecule has 1 aliphatic heterocycles. The minimum absolute atomic E-state index is 0.0432. The molecule has 1 aromatic carbocycles. The molecule has 1 aliphatic rings. The molecule has 0 aliphatic carbocycles. The quantitative estimate of drug-likeness (QED) is 0.521. The Balaban J connectivity index is 1.91. The molecule has 0 amide bonds. The summed E-state index contributed by atoms with van der Waals surface area (Å²) in [7, 11) is 0. The number of rotatable bonds is 2. The van der Waals surface area contributed by atoms with Crippen LogP contribution in [-0.2, 0) is 0 Å². The smallest absolute Gasteiger partial charge is 0.259 e. The van der Waals surface area contributed by atoms with Crippen LogP contribution in [0, 0.1) is 16.1 Å². The Bertz CT molecular complexity index is 1300. The maximum atomic E-state index is 12.5. The number of furan rings is 1. The number of H-pyrrole nitrogens is 2. The normalized spacial score (nSPS) is 15.7. The van der Waals surface area contributed by atoms with E-state index in [1.54, 1.807) is 30.3 Å². The van der Waals surface area contributed by atoms with Crippen molar-refractivity contribution >= 4 is 35.4 Å². The summed E-state index contributed by atoms with van der Waals surface area (Å²) in [6.07, 6.45) is 0. The zero-order valence-corrected chi connectivity index (χ0v) is 16.2. The molecule has 0 bridgehead atoms. The lowest BCUT2D eigenvalue weighted by Crippen LogP contribution is -2.28. The standard InChI is InChI=1S/C18H10Cl2N4O3S/c19-7-1-2-10(20)8(5-7)11-3-4-12(26-11)13-9(6-21)15(22)27-17-14(13)16(25)23-18(28)24-17/h1-5,13H,22H2,(H2,23,24,25,28). The largest absolute Gasteiger partial charge is 0.460 e. The van der Waals surface area contributed by atoms with Crippen molar-refractivity contribution in [2.24, 2.45) is 5.73 Å². The van der Waals surface area contributed by atoms with Crippen LogP contribution in [0.5, 0.6) is 5.88 Å². The van der Waals surface area contributed by atoms with E-state index in [0.29, 0.717) is 27.1 Å². The zero-order chi connectivity index (χ0) is 20.0. The number of fused-ring (bicyclic) bond motifs is 1. The lowest BCUT2D eigenvalue weighted by atomic mass is 9.89. The maximum absolute atomic E-state index is 12.5. The van der Waals surface area contributed by atoms with Crippen molar-refractivity contribution in [2.75, 3.05) is 0 Å². The summed E-state index contributed by atoms with van der Waals surface area (Å²) in [5.41, 5.74) is 6.12. The van der Waals surface area contributed by atoms with Crippen LogP contribution in [0.2, 0.25) is 10.0 Å². The van der Waals surface area contributed by atoms with Crippen molar-refractivity contribution in [1.29, 1.82) is 5.26 Å². The van der Waals surface area contributed by atoms with Crippen molar-refractivity contribution in [2.45, 2.75) is 5.92 Å². The summed E-state index contributed by atoms with van der Waals surface area (Å²) in [6, 6.07) is 10.3. The molecule has 28 heavy (non-hydrogen) atoms. The van der Waals surface area contributed by atoms with Crippen LogP contribution in [0.4, 0.5) is 0 Å². The highest BCUT2D eigenvalue weighted by atomic mass is 35.5. The Morgan fingerprint density at radius 1 is 1.21 bits per heavy atom. The first-order valence-electron chi connectivity index (χ1n) is 7.88. The van der Waals surface area contributed by atoms with Gasteiger partial charge in [0.15, 0.2) is 4.77 Å². The van der Waals surface area contributed by atoms with Gasteiger partial charge in [-0.15, -0.1) is 0 Å². The molecule has 3 aromatic rings. The molecule has 7 nitrogen and oxygen atoms in total. The Hall–Kier alpha value is -2.99. The number of ether oxygens (including phenoxy) is 1. The fourth-order valence-corrected chi connectivity index (χ4v) is 3.58. The number of nitrogens with two attached hydrogens (primary N) is 1. The van der Waals surface area contributed by atoms with Gasteiger partial charge in [-0.2, -0.15) is 5.26 Å². The van der Waals surface area contributed by atoms with E-state index in [1.807, 2.05) is 6.07 Å². The van der Waals surface area contributed by atoms with Gasteiger partial charge < -0.3 is 19.9 Å². The maximum Gasteiger partial charge on any atom is 0.259 e. The number of nitrogens with zero attached hydrogens (tertiary/aromatic N) is 1. The van der Waals surface area contributed by atoms with E-state index < -0.39 is 11.5 Å². The van der Waals surface area contributed by atoms with Gasteiger partial charge >= 0.3 is 0 Å². The molecular weight excluding hydrogens is 423 g/mol. The molecule has 140 valence electrons. The summed E-state index contributed by atoms with van der Waals surface area (Å²) < 4.78 is 11.4. The predicted molar refractivity (Wildman–Crippen MR) is 106 cm³/mol. The molecule has 10 heteroatoms. The van der Waals surface area contributed by atoms with Crippen LogP contribution in [0.1, 0.15) is 17.2 Å². The Morgan fingerprint density at radius 2 is 2.00 bits per heavy atom. The number of nitrogens with one attached hydrogen (secondary N) is 2. The molecule has 0 saturated carbocycles. The van der Waals surface area contributed by atoms with E-state index in [4.69, 9.17) is 50.3 Å². The second kappa shape index (κ2) is 6.87. The van der Waals surface area contributed by atoms with E-state index in [9.17, 15) is 10.1 Å². The van der Waals surface area contributed by atoms with Gasteiger partial charge in [-0.25, -0.2) is 0 Å². The van der Waals surface area contributed by atoms with Gasteiger partial charge in [0.2, 0.25) is 11.8 Å². The third-order valence-electron chi connectivity index (χ3n) is 4.22. The van der Waals surface area contributed by atoms with Crippen molar-refractivity contribution in [3.05, 3.63) is 78.3 Å². The fourth-order valence-electron chi connectivity index (χ4n) is 3.01. The van der Waals surface area contributed by atoms with Gasteiger partial charge in [-0.3, -0.25) is 9.78 Å². The summed E-state index contributed by atoms with van der Waals surface area (Å²) in [4.78, 5) is 17.8. The molecule has 1 atom stereocenters. The first kappa shape index (κ1) is 18.4. The molecule has 3 heterocycles. The molecule has 4 N–H and O–H groups in total. The van der Waals surface area contributed by atoms with Crippen LogP contribution in [-0.4, -0.2) is 9.97 Å². The molecule has 2 aromatic heterocycles. The topological polar surface area (TPSA) is 121 Å². The number of aromatic nitrogens is 2. The third-order valence-corrected chi connectivity index (χ3v) is 4.99. The van der Waals surface area contributed by atoms with E-state index >= 15 is 0 Å². The monoisotopic (exact) mass is 432 g/mol. The van der Waals surface area contributed by atoms with E-state index in [1.165, 1.54) is 0 Å². The summed E-state index contributed by atoms with van der Waals surface area (Å²) in [5.74, 6) is -0.224. The van der Waals surface area contributed by atoms with Gasteiger partial charge in [0, 0.05) is 10.6 Å². The lowest BCUT2D eigenvalue weighted by Gasteiger charge is -2.23. The van der Waals surface area contributed by atoms with Crippen molar-refractivity contribution in [3.8, 4) is 23.3 Å².